The molecule has 0 bridgehead atoms. The SMILES string of the molecule is NCCCCOc1cccc(S(=O)(=O)NCCCC(=O)O)c1. The van der Waals surface area contributed by atoms with Crippen molar-refractivity contribution in [3.05, 3.63) is 24.3 Å². The number of carboxylic acid groups (broad SMARTS) is 1. The van der Waals surface area contributed by atoms with Crippen molar-refractivity contribution >= 4 is 16.0 Å². The number of sulfonamides is 1. The van der Waals surface area contributed by atoms with Gasteiger partial charge in [-0.3, -0.25) is 4.79 Å². The Balaban J connectivity index is 2.56. The largest absolute Gasteiger partial charge is 0.494 e. The van der Waals surface area contributed by atoms with Gasteiger partial charge in [0.1, 0.15) is 5.75 Å². The highest BCUT2D eigenvalue weighted by molar-refractivity contribution is 7.89. The third kappa shape index (κ3) is 6.88. The zero-order chi connectivity index (χ0) is 16.4. The number of aliphatic carboxylic acids is 1. The van der Waals surface area contributed by atoms with Gasteiger partial charge in [0.25, 0.3) is 0 Å². The number of rotatable bonds is 11. The van der Waals surface area contributed by atoms with Crippen LogP contribution < -0.4 is 15.2 Å². The molecule has 0 aliphatic heterocycles. The van der Waals surface area contributed by atoms with Crippen molar-refractivity contribution in [3.63, 3.8) is 0 Å². The maximum atomic E-state index is 12.1. The van der Waals surface area contributed by atoms with Crippen LogP contribution >= 0.6 is 0 Å². The molecule has 0 saturated heterocycles. The predicted octanol–water partition coefficient (Wildman–Crippen LogP) is 0.947. The summed E-state index contributed by atoms with van der Waals surface area (Å²) < 4.78 is 32.0. The first-order valence-corrected chi connectivity index (χ1v) is 8.58. The second-order valence-electron chi connectivity index (χ2n) is 4.71. The molecular weight excluding hydrogens is 308 g/mol. The zero-order valence-electron chi connectivity index (χ0n) is 12.3. The lowest BCUT2D eigenvalue weighted by molar-refractivity contribution is -0.137. The molecule has 124 valence electrons. The summed E-state index contributed by atoms with van der Waals surface area (Å²) in [5, 5.41) is 8.52. The number of carbonyl (C=O) groups is 1. The van der Waals surface area contributed by atoms with E-state index in [9.17, 15) is 13.2 Å². The van der Waals surface area contributed by atoms with Gasteiger partial charge in [-0.1, -0.05) is 6.07 Å². The molecule has 8 heteroatoms. The molecule has 0 unspecified atom stereocenters. The molecule has 0 amide bonds. The van der Waals surface area contributed by atoms with Gasteiger partial charge >= 0.3 is 5.97 Å². The highest BCUT2D eigenvalue weighted by Crippen LogP contribution is 2.17. The zero-order valence-corrected chi connectivity index (χ0v) is 13.1. The third-order valence-electron chi connectivity index (χ3n) is 2.84. The summed E-state index contributed by atoms with van der Waals surface area (Å²) in [6.07, 6.45) is 1.82. The van der Waals surface area contributed by atoms with Crippen molar-refractivity contribution in [2.24, 2.45) is 5.73 Å². The van der Waals surface area contributed by atoms with Crippen molar-refractivity contribution < 1.29 is 23.1 Å². The molecule has 1 aromatic carbocycles. The minimum Gasteiger partial charge on any atom is -0.494 e. The van der Waals surface area contributed by atoms with Gasteiger partial charge < -0.3 is 15.6 Å². The fourth-order valence-corrected chi connectivity index (χ4v) is 2.81. The predicted molar refractivity (Wildman–Crippen MR) is 82.3 cm³/mol. The van der Waals surface area contributed by atoms with Crippen LogP contribution in [0.1, 0.15) is 25.7 Å². The van der Waals surface area contributed by atoms with Crippen molar-refractivity contribution in [1.29, 1.82) is 0 Å². The number of nitrogens with two attached hydrogens (primary N) is 1. The van der Waals surface area contributed by atoms with Crippen LogP contribution in [-0.2, 0) is 14.8 Å². The smallest absolute Gasteiger partial charge is 0.303 e. The highest BCUT2D eigenvalue weighted by Gasteiger charge is 2.14. The molecule has 0 aromatic heterocycles. The number of unbranched alkanes of at least 4 members (excludes halogenated alkanes) is 1. The molecule has 0 aliphatic rings. The third-order valence-corrected chi connectivity index (χ3v) is 4.30. The molecule has 22 heavy (non-hydrogen) atoms. The van der Waals surface area contributed by atoms with Crippen molar-refractivity contribution in [2.45, 2.75) is 30.6 Å². The lowest BCUT2D eigenvalue weighted by Gasteiger charge is -2.09. The summed E-state index contributed by atoms with van der Waals surface area (Å²) in [5.41, 5.74) is 5.39. The van der Waals surface area contributed by atoms with Crippen LogP contribution in [0.15, 0.2) is 29.2 Å². The van der Waals surface area contributed by atoms with Crippen molar-refractivity contribution in [1.82, 2.24) is 4.72 Å². The van der Waals surface area contributed by atoms with Crippen LogP contribution in [0.5, 0.6) is 5.75 Å². The quantitative estimate of drug-likeness (QED) is 0.520. The van der Waals surface area contributed by atoms with Gasteiger partial charge in [-0.2, -0.15) is 0 Å². The van der Waals surface area contributed by atoms with E-state index < -0.39 is 16.0 Å². The maximum Gasteiger partial charge on any atom is 0.303 e. The standard InChI is InChI=1S/C14H22N2O5S/c15-8-1-2-10-21-12-5-3-6-13(11-12)22(19,20)16-9-4-7-14(17)18/h3,5-6,11,16H,1-2,4,7-10,15H2,(H,17,18). The van der Waals surface area contributed by atoms with E-state index in [-0.39, 0.29) is 24.3 Å². The Kier molecular flexibility index (Phi) is 7.86. The van der Waals surface area contributed by atoms with E-state index in [0.29, 0.717) is 18.9 Å². The molecule has 0 saturated carbocycles. The van der Waals surface area contributed by atoms with Gasteiger partial charge in [0.05, 0.1) is 11.5 Å². The van der Waals surface area contributed by atoms with Crippen LogP contribution in [0.2, 0.25) is 0 Å². The molecule has 7 nitrogen and oxygen atoms in total. The number of hydrogen-bond acceptors (Lipinski definition) is 5. The Morgan fingerprint density at radius 2 is 2.05 bits per heavy atom. The van der Waals surface area contributed by atoms with Gasteiger partial charge in [-0.25, -0.2) is 13.1 Å². The van der Waals surface area contributed by atoms with E-state index in [1.807, 2.05) is 0 Å². The number of carboxylic acids is 1. The van der Waals surface area contributed by atoms with Crippen LogP contribution in [0.3, 0.4) is 0 Å². The second-order valence-corrected chi connectivity index (χ2v) is 6.48. The highest BCUT2D eigenvalue weighted by atomic mass is 32.2. The van der Waals surface area contributed by atoms with Crippen molar-refractivity contribution in [3.8, 4) is 5.75 Å². The summed E-state index contributed by atoms with van der Waals surface area (Å²) in [4.78, 5) is 10.5. The number of nitrogens with one attached hydrogen (secondary N) is 1. The van der Waals surface area contributed by atoms with E-state index in [2.05, 4.69) is 4.72 Å². The minimum atomic E-state index is -3.66. The molecule has 0 fully saturated rings. The van der Waals surface area contributed by atoms with Gasteiger partial charge in [0.15, 0.2) is 0 Å². The number of hydrogen-bond donors (Lipinski definition) is 3. The average molecular weight is 330 g/mol. The van der Waals surface area contributed by atoms with Crippen LogP contribution in [-0.4, -0.2) is 39.2 Å². The molecule has 0 radical (unpaired) electrons. The van der Waals surface area contributed by atoms with Crippen LogP contribution in [0, 0.1) is 0 Å². The molecule has 0 spiro atoms. The van der Waals surface area contributed by atoms with E-state index in [4.69, 9.17) is 15.6 Å². The van der Waals surface area contributed by atoms with E-state index in [1.165, 1.54) is 12.1 Å². The Labute approximate surface area is 130 Å². The minimum absolute atomic E-state index is 0.0766. The number of benzene rings is 1. The summed E-state index contributed by atoms with van der Waals surface area (Å²) >= 11 is 0. The lowest BCUT2D eigenvalue weighted by atomic mass is 10.3. The maximum absolute atomic E-state index is 12.1. The molecule has 1 aromatic rings. The first kappa shape index (κ1) is 18.4. The molecule has 0 atom stereocenters. The summed E-state index contributed by atoms with van der Waals surface area (Å²) in [6.45, 7) is 1.15. The monoisotopic (exact) mass is 330 g/mol. The molecule has 1 rings (SSSR count). The van der Waals surface area contributed by atoms with Crippen molar-refractivity contribution in [2.75, 3.05) is 19.7 Å². The fourth-order valence-electron chi connectivity index (χ4n) is 1.70. The van der Waals surface area contributed by atoms with Gasteiger partial charge in [0, 0.05) is 19.0 Å². The Bertz CT molecular complexity index is 574. The topological polar surface area (TPSA) is 119 Å². The van der Waals surface area contributed by atoms with Crippen LogP contribution in [0.4, 0.5) is 0 Å². The average Bonchev–Trinajstić information content (AvgIpc) is 2.48. The molecular formula is C14H22N2O5S. The Morgan fingerprint density at radius 1 is 1.27 bits per heavy atom. The second kappa shape index (κ2) is 9.39. The Hall–Kier alpha value is -1.64. The van der Waals surface area contributed by atoms with Gasteiger partial charge in [0.2, 0.25) is 10.0 Å². The first-order chi connectivity index (χ1) is 10.5. The summed E-state index contributed by atoms with van der Waals surface area (Å²) in [6, 6.07) is 6.20. The van der Waals surface area contributed by atoms with E-state index >= 15 is 0 Å². The van der Waals surface area contributed by atoms with E-state index in [0.717, 1.165) is 12.8 Å². The van der Waals surface area contributed by atoms with Gasteiger partial charge in [-0.05, 0) is 37.9 Å². The van der Waals surface area contributed by atoms with E-state index in [1.54, 1.807) is 12.1 Å². The van der Waals surface area contributed by atoms with Gasteiger partial charge in [-0.15, -0.1) is 0 Å². The molecule has 0 aliphatic carbocycles. The van der Waals surface area contributed by atoms with Crippen LogP contribution in [0.25, 0.3) is 0 Å². The first-order valence-electron chi connectivity index (χ1n) is 7.10. The Morgan fingerprint density at radius 3 is 2.73 bits per heavy atom. The fraction of sp³-hybridized carbons (Fsp3) is 0.500. The molecule has 4 N–H and O–H groups in total. The molecule has 0 heterocycles. The summed E-state index contributed by atoms with van der Waals surface area (Å²) in [5.74, 6) is -0.475. The lowest BCUT2D eigenvalue weighted by Crippen LogP contribution is -2.25. The number of ether oxygens (including phenoxy) is 1. The normalized spacial score (nSPS) is 11.3. The summed E-state index contributed by atoms with van der Waals surface area (Å²) in [7, 11) is -3.66.